The zero-order valence-corrected chi connectivity index (χ0v) is 18.4. The molecule has 1 aromatic heterocycles. The fourth-order valence-electron chi connectivity index (χ4n) is 4.16. The van der Waals surface area contributed by atoms with E-state index in [1.165, 1.54) is 29.7 Å². The first-order valence-corrected chi connectivity index (χ1v) is 10.6. The molecule has 1 aliphatic rings. The third-order valence-corrected chi connectivity index (χ3v) is 6.15. The average molecular weight is 401 g/mol. The summed E-state index contributed by atoms with van der Waals surface area (Å²) in [6.07, 6.45) is 4.49. The predicted octanol–water partition coefficient (Wildman–Crippen LogP) is 3.10. The molecule has 0 bridgehead atoms. The van der Waals surface area contributed by atoms with E-state index in [2.05, 4.69) is 40.0 Å². The van der Waals surface area contributed by atoms with Crippen molar-refractivity contribution in [1.82, 2.24) is 19.6 Å². The summed E-state index contributed by atoms with van der Waals surface area (Å²) in [5.41, 5.74) is 3.85. The monoisotopic (exact) mass is 400 g/mol. The number of piperidine rings is 1. The minimum absolute atomic E-state index is 0.734. The number of aryl methyl sites for hydroxylation is 1. The van der Waals surface area contributed by atoms with Crippen molar-refractivity contribution in [3.05, 3.63) is 47.3 Å². The van der Waals surface area contributed by atoms with E-state index in [9.17, 15) is 0 Å². The Labute approximate surface area is 175 Å². The Morgan fingerprint density at radius 1 is 1.14 bits per heavy atom. The first-order chi connectivity index (χ1) is 14.1. The summed E-state index contributed by atoms with van der Waals surface area (Å²) in [5.74, 6) is 1.73. The Morgan fingerprint density at radius 3 is 2.55 bits per heavy atom. The summed E-state index contributed by atoms with van der Waals surface area (Å²) < 4.78 is 12.8. The van der Waals surface area contributed by atoms with E-state index in [0.717, 1.165) is 57.5 Å². The molecule has 1 aliphatic heterocycles. The van der Waals surface area contributed by atoms with E-state index in [4.69, 9.17) is 9.47 Å². The molecule has 2 heterocycles. The van der Waals surface area contributed by atoms with Crippen LogP contribution in [0.15, 0.2) is 30.5 Å². The lowest BCUT2D eigenvalue weighted by atomic mass is 9.95. The van der Waals surface area contributed by atoms with Crippen molar-refractivity contribution >= 4 is 0 Å². The maximum atomic E-state index is 5.51. The molecule has 0 radical (unpaired) electrons. The largest absolute Gasteiger partial charge is 0.496 e. The Morgan fingerprint density at radius 2 is 1.90 bits per heavy atom. The second-order valence-corrected chi connectivity index (χ2v) is 8.14. The number of hydrogen-bond donors (Lipinski definition) is 0. The molecule has 0 saturated carbocycles. The lowest BCUT2D eigenvalue weighted by molar-refractivity contribution is 0.106. The van der Waals surface area contributed by atoms with E-state index in [1.807, 2.05) is 24.0 Å². The molecule has 1 aromatic carbocycles. The fourth-order valence-corrected chi connectivity index (χ4v) is 4.16. The number of ether oxygens (including phenoxy) is 2. The van der Waals surface area contributed by atoms with Gasteiger partial charge in [-0.05, 0) is 44.8 Å². The Bertz CT molecular complexity index is 753. The van der Waals surface area contributed by atoms with Gasteiger partial charge in [0.05, 0.1) is 19.9 Å². The maximum Gasteiger partial charge on any atom is 0.123 e. The number of likely N-dealkylation sites (tertiary alicyclic amines) is 1. The highest BCUT2D eigenvalue weighted by Crippen LogP contribution is 2.24. The molecule has 0 aliphatic carbocycles. The molecule has 2 aromatic rings. The van der Waals surface area contributed by atoms with Crippen molar-refractivity contribution in [1.29, 1.82) is 0 Å². The number of nitrogens with zero attached hydrogens (tertiary/aromatic N) is 4. The van der Waals surface area contributed by atoms with Gasteiger partial charge in [0.25, 0.3) is 0 Å². The van der Waals surface area contributed by atoms with Crippen molar-refractivity contribution < 1.29 is 9.47 Å². The van der Waals surface area contributed by atoms with E-state index in [-0.39, 0.29) is 0 Å². The summed E-state index contributed by atoms with van der Waals surface area (Å²) in [6, 6.07) is 8.36. The fraction of sp³-hybridized carbons (Fsp3) is 0.609. The Hall–Kier alpha value is -1.89. The first kappa shape index (κ1) is 21.8. The van der Waals surface area contributed by atoms with Crippen molar-refractivity contribution in [2.45, 2.75) is 32.9 Å². The van der Waals surface area contributed by atoms with Crippen LogP contribution in [0.5, 0.6) is 5.75 Å². The number of aromatic nitrogens is 2. The minimum Gasteiger partial charge on any atom is -0.496 e. The third kappa shape index (κ3) is 6.04. The highest BCUT2D eigenvalue weighted by atomic mass is 16.5. The zero-order chi connectivity index (χ0) is 20.6. The number of hydrogen-bond acceptors (Lipinski definition) is 5. The van der Waals surface area contributed by atoms with Gasteiger partial charge in [0.1, 0.15) is 5.75 Å². The summed E-state index contributed by atoms with van der Waals surface area (Å²) in [4.78, 5) is 5.09. The van der Waals surface area contributed by atoms with Gasteiger partial charge >= 0.3 is 0 Å². The smallest absolute Gasteiger partial charge is 0.123 e. The van der Waals surface area contributed by atoms with Crippen LogP contribution in [0.4, 0.5) is 0 Å². The highest BCUT2D eigenvalue weighted by molar-refractivity contribution is 5.33. The van der Waals surface area contributed by atoms with Gasteiger partial charge in [0.15, 0.2) is 0 Å². The van der Waals surface area contributed by atoms with E-state index < -0.39 is 0 Å². The number of rotatable bonds is 10. The number of para-hydroxylation sites is 1. The second-order valence-electron chi connectivity index (χ2n) is 8.14. The maximum absolute atomic E-state index is 5.51. The van der Waals surface area contributed by atoms with Gasteiger partial charge in [-0.15, -0.1) is 0 Å². The van der Waals surface area contributed by atoms with Gasteiger partial charge in [-0.25, -0.2) is 0 Å². The summed E-state index contributed by atoms with van der Waals surface area (Å²) in [6.45, 7) is 9.22. The molecule has 6 nitrogen and oxygen atoms in total. The highest BCUT2D eigenvalue weighted by Gasteiger charge is 2.23. The molecule has 29 heavy (non-hydrogen) atoms. The molecule has 1 saturated heterocycles. The number of benzene rings is 1. The molecule has 0 spiro atoms. The van der Waals surface area contributed by atoms with Crippen LogP contribution in [-0.4, -0.2) is 66.6 Å². The second kappa shape index (κ2) is 10.8. The van der Waals surface area contributed by atoms with Gasteiger partial charge in [-0.3, -0.25) is 14.5 Å². The zero-order valence-electron chi connectivity index (χ0n) is 18.4. The molecule has 0 amide bonds. The van der Waals surface area contributed by atoms with E-state index in [1.54, 1.807) is 14.2 Å². The molecule has 6 heteroatoms. The van der Waals surface area contributed by atoms with Gasteiger partial charge in [0.2, 0.25) is 0 Å². The minimum atomic E-state index is 0.734. The Kier molecular flexibility index (Phi) is 8.09. The van der Waals surface area contributed by atoms with Crippen LogP contribution in [0.3, 0.4) is 0 Å². The summed E-state index contributed by atoms with van der Waals surface area (Å²) >= 11 is 0. The van der Waals surface area contributed by atoms with Crippen LogP contribution in [0.25, 0.3) is 0 Å². The molecule has 0 atom stereocenters. The third-order valence-electron chi connectivity index (χ3n) is 6.15. The SMILES string of the molecule is COCCN(Cc1cnn(C)c1C)CC1CCN(Cc2ccccc2OC)CC1. The van der Waals surface area contributed by atoms with Gasteiger partial charge < -0.3 is 9.47 Å². The standard InChI is InChI=1S/C23H36N4O2/c1-19-22(15-24-25(19)2)18-27(13-14-28-3)16-20-9-11-26(12-10-20)17-21-7-5-6-8-23(21)29-4/h5-8,15,20H,9-14,16-18H2,1-4H3. The van der Waals surface area contributed by atoms with Crippen molar-refractivity contribution in [3.63, 3.8) is 0 Å². The quantitative estimate of drug-likeness (QED) is 0.613. The summed E-state index contributed by atoms with van der Waals surface area (Å²) in [7, 11) is 5.54. The molecule has 0 unspecified atom stereocenters. The Balaban J connectivity index is 1.52. The van der Waals surface area contributed by atoms with E-state index >= 15 is 0 Å². The van der Waals surface area contributed by atoms with Crippen LogP contribution in [-0.2, 0) is 24.9 Å². The van der Waals surface area contributed by atoms with Gasteiger partial charge in [-0.1, -0.05) is 18.2 Å². The molecular formula is C23H36N4O2. The van der Waals surface area contributed by atoms with Crippen LogP contribution < -0.4 is 4.74 Å². The molecule has 3 rings (SSSR count). The summed E-state index contributed by atoms with van der Waals surface area (Å²) in [5, 5.41) is 4.40. The lowest BCUT2D eigenvalue weighted by Crippen LogP contribution is -2.39. The molecular weight excluding hydrogens is 364 g/mol. The van der Waals surface area contributed by atoms with Crippen LogP contribution >= 0.6 is 0 Å². The molecule has 160 valence electrons. The van der Waals surface area contributed by atoms with Crippen molar-refractivity contribution in [2.24, 2.45) is 13.0 Å². The normalized spacial score (nSPS) is 15.9. The average Bonchev–Trinajstić information content (AvgIpc) is 3.06. The number of methoxy groups -OCH3 is 2. The van der Waals surface area contributed by atoms with Gasteiger partial charge in [0, 0.05) is 57.2 Å². The first-order valence-electron chi connectivity index (χ1n) is 10.6. The molecule has 0 N–H and O–H groups in total. The van der Waals surface area contributed by atoms with Crippen molar-refractivity contribution in [3.8, 4) is 5.75 Å². The van der Waals surface area contributed by atoms with Gasteiger partial charge in [-0.2, -0.15) is 5.10 Å². The van der Waals surface area contributed by atoms with Crippen molar-refractivity contribution in [2.75, 3.05) is 47.0 Å². The topological polar surface area (TPSA) is 42.8 Å². The van der Waals surface area contributed by atoms with Crippen LogP contribution in [0, 0.1) is 12.8 Å². The predicted molar refractivity (Wildman–Crippen MR) is 116 cm³/mol. The lowest BCUT2D eigenvalue weighted by Gasteiger charge is -2.35. The molecule has 1 fully saturated rings. The van der Waals surface area contributed by atoms with E-state index in [0.29, 0.717) is 0 Å². The van der Waals surface area contributed by atoms with Crippen LogP contribution in [0.2, 0.25) is 0 Å². The van der Waals surface area contributed by atoms with Crippen LogP contribution in [0.1, 0.15) is 29.7 Å².